The van der Waals surface area contributed by atoms with Crippen molar-refractivity contribution in [1.29, 1.82) is 0 Å². The highest BCUT2D eigenvalue weighted by Crippen LogP contribution is 2.40. The van der Waals surface area contributed by atoms with E-state index in [2.05, 4.69) is 0 Å². The van der Waals surface area contributed by atoms with E-state index in [0.29, 0.717) is 18.8 Å². The van der Waals surface area contributed by atoms with Gasteiger partial charge in [-0.2, -0.15) is 0 Å². The first-order chi connectivity index (χ1) is 8.09. The van der Waals surface area contributed by atoms with E-state index in [1.807, 2.05) is 0 Å². The molecule has 5 nitrogen and oxygen atoms in total. The molecule has 1 fully saturated rings. The highest BCUT2D eigenvalue weighted by atomic mass is 35.5. The molecule has 0 spiro atoms. The SMILES string of the molecule is Cl.N[C@H](c1c(O)cc(O)cc1O)C1CCOCC1. The molecule has 0 aliphatic carbocycles. The largest absolute Gasteiger partial charge is 0.508 e. The summed E-state index contributed by atoms with van der Waals surface area (Å²) >= 11 is 0. The van der Waals surface area contributed by atoms with E-state index < -0.39 is 6.04 Å². The molecule has 0 bridgehead atoms. The molecule has 1 aliphatic heterocycles. The van der Waals surface area contributed by atoms with Crippen LogP contribution in [-0.4, -0.2) is 28.5 Å². The standard InChI is InChI=1S/C12H17NO4.ClH/c13-12(7-1-3-17-4-2-7)11-9(15)5-8(14)6-10(11)16;/h5-7,12,14-16H,1-4,13H2;1H/t12-;/m0./s1. The average molecular weight is 276 g/mol. The zero-order chi connectivity index (χ0) is 12.4. The number of rotatable bonds is 2. The molecule has 1 aliphatic rings. The Morgan fingerprint density at radius 3 is 2.11 bits per heavy atom. The lowest BCUT2D eigenvalue weighted by Gasteiger charge is -2.28. The summed E-state index contributed by atoms with van der Waals surface area (Å²) in [6, 6.07) is 1.93. The lowest BCUT2D eigenvalue weighted by molar-refractivity contribution is 0.0578. The Bertz CT molecular complexity index is 384. The van der Waals surface area contributed by atoms with Gasteiger partial charge in [0.25, 0.3) is 0 Å². The molecule has 1 saturated heterocycles. The minimum absolute atomic E-state index is 0. The van der Waals surface area contributed by atoms with Crippen molar-refractivity contribution in [2.24, 2.45) is 11.7 Å². The van der Waals surface area contributed by atoms with Crippen LogP contribution >= 0.6 is 12.4 Å². The number of phenolic OH excluding ortho intramolecular Hbond substituents is 3. The number of phenols is 3. The third-order valence-electron chi connectivity index (χ3n) is 3.23. The number of hydrogen-bond acceptors (Lipinski definition) is 5. The Morgan fingerprint density at radius 2 is 1.61 bits per heavy atom. The number of ether oxygens (including phenoxy) is 1. The molecule has 102 valence electrons. The smallest absolute Gasteiger partial charge is 0.127 e. The van der Waals surface area contributed by atoms with E-state index in [4.69, 9.17) is 10.5 Å². The summed E-state index contributed by atoms with van der Waals surface area (Å²) in [5.41, 5.74) is 6.36. The third kappa shape index (κ3) is 2.98. The van der Waals surface area contributed by atoms with Crippen LogP contribution in [0.4, 0.5) is 0 Å². The molecule has 1 heterocycles. The molecule has 2 rings (SSSR count). The van der Waals surface area contributed by atoms with Crippen LogP contribution in [0.2, 0.25) is 0 Å². The number of benzene rings is 1. The Balaban J connectivity index is 0.00000162. The Hall–Kier alpha value is -1.17. The predicted octanol–water partition coefficient (Wildman–Crippen LogP) is 1.65. The lowest BCUT2D eigenvalue weighted by atomic mass is 9.87. The van der Waals surface area contributed by atoms with Crippen molar-refractivity contribution >= 4 is 12.4 Å². The molecule has 0 aromatic heterocycles. The normalized spacial score (nSPS) is 18.1. The van der Waals surface area contributed by atoms with Crippen molar-refractivity contribution < 1.29 is 20.1 Å². The number of halogens is 1. The van der Waals surface area contributed by atoms with Crippen molar-refractivity contribution in [2.45, 2.75) is 18.9 Å². The molecule has 0 amide bonds. The molecule has 6 heteroatoms. The molecular formula is C12H18ClNO4. The molecule has 5 N–H and O–H groups in total. The van der Waals surface area contributed by atoms with Gasteiger partial charge in [0.15, 0.2) is 0 Å². The van der Waals surface area contributed by atoms with Gasteiger partial charge in [0.05, 0.1) is 5.56 Å². The molecule has 0 radical (unpaired) electrons. The maximum Gasteiger partial charge on any atom is 0.127 e. The van der Waals surface area contributed by atoms with Gasteiger partial charge in [0.1, 0.15) is 17.2 Å². The van der Waals surface area contributed by atoms with E-state index in [1.54, 1.807) is 0 Å². The fourth-order valence-corrected chi connectivity index (χ4v) is 2.26. The van der Waals surface area contributed by atoms with Crippen molar-refractivity contribution in [3.05, 3.63) is 17.7 Å². The first-order valence-electron chi connectivity index (χ1n) is 5.67. The van der Waals surface area contributed by atoms with E-state index in [1.165, 1.54) is 12.1 Å². The van der Waals surface area contributed by atoms with E-state index in [0.717, 1.165) is 12.8 Å². The van der Waals surface area contributed by atoms with Gasteiger partial charge in [-0.1, -0.05) is 0 Å². The summed E-state index contributed by atoms with van der Waals surface area (Å²) in [7, 11) is 0. The molecule has 18 heavy (non-hydrogen) atoms. The fourth-order valence-electron chi connectivity index (χ4n) is 2.26. The highest BCUT2D eigenvalue weighted by Gasteiger charge is 2.26. The lowest BCUT2D eigenvalue weighted by Crippen LogP contribution is -2.27. The first-order valence-corrected chi connectivity index (χ1v) is 5.67. The summed E-state index contributed by atoms with van der Waals surface area (Å²) in [5, 5.41) is 28.7. The highest BCUT2D eigenvalue weighted by molar-refractivity contribution is 5.85. The van der Waals surface area contributed by atoms with Crippen LogP contribution in [0.15, 0.2) is 12.1 Å². The molecule has 1 aromatic rings. The van der Waals surface area contributed by atoms with Crippen LogP contribution in [0, 0.1) is 5.92 Å². The fraction of sp³-hybridized carbons (Fsp3) is 0.500. The van der Waals surface area contributed by atoms with E-state index in [9.17, 15) is 15.3 Å². The van der Waals surface area contributed by atoms with Gasteiger partial charge >= 0.3 is 0 Å². The topological polar surface area (TPSA) is 95.9 Å². The van der Waals surface area contributed by atoms with Gasteiger partial charge in [0, 0.05) is 31.4 Å². The van der Waals surface area contributed by atoms with Crippen LogP contribution in [0.5, 0.6) is 17.2 Å². The van der Waals surface area contributed by atoms with Gasteiger partial charge in [0.2, 0.25) is 0 Å². The van der Waals surface area contributed by atoms with Crippen LogP contribution in [-0.2, 0) is 4.74 Å². The predicted molar refractivity (Wildman–Crippen MR) is 69.2 cm³/mol. The van der Waals surface area contributed by atoms with Crippen LogP contribution in [0.3, 0.4) is 0 Å². The second-order valence-electron chi connectivity index (χ2n) is 4.37. The third-order valence-corrected chi connectivity index (χ3v) is 3.23. The molecule has 1 atom stereocenters. The molecule has 0 unspecified atom stereocenters. The van der Waals surface area contributed by atoms with Gasteiger partial charge in [-0.05, 0) is 18.8 Å². The zero-order valence-corrected chi connectivity index (χ0v) is 10.7. The van der Waals surface area contributed by atoms with Crippen LogP contribution in [0.1, 0.15) is 24.4 Å². The molecular weight excluding hydrogens is 258 g/mol. The molecule has 1 aromatic carbocycles. The summed E-state index contributed by atoms with van der Waals surface area (Å²) in [5.74, 6) is -0.337. The van der Waals surface area contributed by atoms with Crippen molar-refractivity contribution in [3.63, 3.8) is 0 Å². The quantitative estimate of drug-likeness (QED) is 0.658. The summed E-state index contributed by atoms with van der Waals surface area (Å²) in [6.45, 7) is 1.30. The minimum Gasteiger partial charge on any atom is -0.508 e. The monoisotopic (exact) mass is 275 g/mol. The van der Waals surface area contributed by atoms with Gasteiger partial charge in [-0.15, -0.1) is 12.4 Å². The van der Waals surface area contributed by atoms with E-state index >= 15 is 0 Å². The van der Waals surface area contributed by atoms with Gasteiger partial charge in [-0.3, -0.25) is 0 Å². The maximum atomic E-state index is 9.74. The molecule has 0 saturated carbocycles. The second kappa shape index (κ2) is 6.13. The van der Waals surface area contributed by atoms with Crippen molar-refractivity contribution in [1.82, 2.24) is 0 Å². The Morgan fingerprint density at radius 1 is 1.11 bits per heavy atom. The maximum absolute atomic E-state index is 9.74. The van der Waals surface area contributed by atoms with Crippen molar-refractivity contribution in [3.8, 4) is 17.2 Å². The first kappa shape index (κ1) is 14.9. The minimum atomic E-state index is -0.445. The Kier molecular flexibility index (Phi) is 5.07. The van der Waals surface area contributed by atoms with Crippen LogP contribution < -0.4 is 5.73 Å². The average Bonchev–Trinajstić information content (AvgIpc) is 2.28. The van der Waals surface area contributed by atoms with E-state index in [-0.39, 0.29) is 35.6 Å². The Labute approximate surface area is 112 Å². The van der Waals surface area contributed by atoms with Gasteiger partial charge < -0.3 is 25.8 Å². The number of nitrogens with two attached hydrogens (primary N) is 1. The van der Waals surface area contributed by atoms with Gasteiger partial charge in [-0.25, -0.2) is 0 Å². The summed E-state index contributed by atoms with van der Waals surface area (Å²) in [4.78, 5) is 0. The second-order valence-corrected chi connectivity index (χ2v) is 4.37. The van der Waals surface area contributed by atoms with Crippen molar-refractivity contribution in [2.75, 3.05) is 13.2 Å². The summed E-state index contributed by atoms with van der Waals surface area (Å²) < 4.78 is 5.24. The zero-order valence-electron chi connectivity index (χ0n) is 9.87. The summed E-state index contributed by atoms with van der Waals surface area (Å²) in [6.07, 6.45) is 1.61. The van der Waals surface area contributed by atoms with Crippen LogP contribution in [0.25, 0.3) is 0 Å². The number of hydrogen-bond donors (Lipinski definition) is 4. The number of aromatic hydroxyl groups is 3.